The van der Waals surface area contributed by atoms with Crippen LogP contribution in [0.25, 0.3) is 11.1 Å². The van der Waals surface area contributed by atoms with Gasteiger partial charge in [-0.05, 0) is 70.0 Å². The summed E-state index contributed by atoms with van der Waals surface area (Å²) in [7, 11) is 1.46. The first kappa shape index (κ1) is 27.6. The molecule has 0 spiro atoms. The maximum atomic E-state index is 13.3. The third kappa shape index (κ3) is 5.71. The van der Waals surface area contributed by atoms with Crippen molar-refractivity contribution in [1.82, 2.24) is 9.80 Å². The molecule has 1 saturated heterocycles. The Bertz CT molecular complexity index is 1180. The smallest absolute Gasteiger partial charge is 0.329 e. The summed E-state index contributed by atoms with van der Waals surface area (Å²) in [6.07, 6.45) is -1.92. The molecular formula is C25H30ClN3O6S. The van der Waals surface area contributed by atoms with Gasteiger partial charge in [0.05, 0.1) is 12.1 Å². The minimum atomic E-state index is -2.70. The van der Waals surface area contributed by atoms with Gasteiger partial charge < -0.3 is 9.64 Å². The van der Waals surface area contributed by atoms with Crippen molar-refractivity contribution in [3.8, 4) is 11.1 Å². The molecule has 9 nitrogen and oxygen atoms in total. The van der Waals surface area contributed by atoms with E-state index in [9.17, 15) is 23.1 Å². The fourth-order valence-electron chi connectivity index (χ4n) is 3.81. The highest BCUT2D eigenvalue weighted by Crippen LogP contribution is 2.33. The molecule has 3 rings (SSSR count). The molecule has 3 amide bonds. The van der Waals surface area contributed by atoms with Crippen LogP contribution in [-0.4, -0.2) is 60.8 Å². The summed E-state index contributed by atoms with van der Waals surface area (Å²) in [4.78, 5) is 41.3. The number of nitrogens with zero attached hydrogens (tertiary/aromatic N) is 3. The molecule has 36 heavy (non-hydrogen) atoms. The van der Waals surface area contributed by atoms with E-state index in [1.165, 1.54) is 11.9 Å². The molecule has 0 aromatic heterocycles. The number of carbonyl (C=O) groups excluding carboxylic acids is 3. The van der Waals surface area contributed by atoms with Gasteiger partial charge in [0.1, 0.15) is 17.3 Å². The average molecular weight is 536 g/mol. The number of ether oxygens (including phenoxy) is 1. The number of imide groups is 1. The van der Waals surface area contributed by atoms with Gasteiger partial charge in [-0.1, -0.05) is 35.9 Å². The molecular weight excluding hydrogens is 506 g/mol. The summed E-state index contributed by atoms with van der Waals surface area (Å²) in [5, 5.41) is 0.593. The Labute approximate surface area is 218 Å². The topological polar surface area (TPSA) is 107 Å². The van der Waals surface area contributed by atoms with Crippen LogP contribution >= 0.6 is 11.6 Å². The SMILES string of the molecule is CN1C(=O)N(C(CC(=O)OC(C)(C)C)N(c2ccc(-c3ccc(Cl)cc3)cc2)S(=O)O)C(=O)C1(C)C. The number of rotatable bonds is 7. The number of amides is 3. The van der Waals surface area contributed by atoms with Crippen LogP contribution in [0.1, 0.15) is 41.0 Å². The summed E-state index contributed by atoms with van der Waals surface area (Å²) in [6.45, 7) is 8.18. The molecule has 11 heteroatoms. The van der Waals surface area contributed by atoms with Crippen LogP contribution in [0.2, 0.25) is 5.02 Å². The predicted molar refractivity (Wildman–Crippen MR) is 138 cm³/mol. The maximum Gasteiger partial charge on any atom is 0.329 e. The van der Waals surface area contributed by atoms with Gasteiger partial charge in [-0.3, -0.25) is 14.1 Å². The molecule has 1 N–H and O–H groups in total. The van der Waals surface area contributed by atoms with Gasteiger partial charge in [-0.2, -0.15) is 0 Å². The Morgan fingerprint density at radius 1 is 1.08 bits per heavy atom. The molecule has 1 aliphatic rings. The number of carbonyl (C=O) groups is 3. The lowest BCUT2D eigenvalue weighted by Gasteiger charge is -2.35. The van der Waals surface area contributed by atoms with Crippen LogP contribution in [-0.2, 0) is 25.6 Å². The zero-order valence-corrected chi connectivity index (χ0v) is 22.6. The van der Waals surface area contributed by atoms with Crippen LogP contribution in [0.4, 0.5) is 10.5 Å². The predicted octanol–water partition coefficient (Wildman–Crippen LogP) is 4.68. The first-order chi connectivity index (χ1) is 16.6. The van der Waals surface area contributed by atoms with E-state index in [4.69, 9.17) is 16.3 Å². The number of hydrogen-bond acceptors (Lipinski definition) is 5. The summed E-state index contributed by atoms with van der Waals surface area (Å²) in [5.41, 5.74) is -0.113. The molecule has 1 fully saturated rings. The summed E-state index contributed by atoms with van der Waals surface area (Å²) in [5.74, 6) is -1.33. The molecule has 0 aliphatic carbocycles. The van der Waals surface area contributed by atoms with Gasteiger partial charge in [-0.25, -0.2) is 18.2 Å². The number of benzene rings is 2. The zero-order valence-electron chi connectivity index (χ0n) is 21.0. The summed E-state index contributed by atoms with van der Waals surface area (Å²) in [6, 6.07) is 13.1. The van der Waals surface area contributed by atoms with E-state index in [2.05, 4.69) is 0 Å². The molecule has 1 heterocycles. The molecule has 0 radical (unpaired) electrons. The van der Waals surface area contributed by atoms with Crippen molar-refractivity contribution in [2.75, 3.05) is 11.4 Å². The first-order valence-corrected chi connectivity index (χ1v) is 12.7. The van der Waals surface area contributed by atoms with Crippen LogP contribution in [0.3, 0.4) is 0 Å². The number of anilines is 1. The average Bonchev–Trinajstić information content (AvgIpc) is 2.92. The lowest BCUT2D eigenvalue weighted by atomic mass is 10.0. The van der Waals surface area contributed by atoms with E-state index in [1.54, 1.807) is 71.0 Å². The van der Waals surface area contributed by atoms with Gasteiger partial charge in [0.2, 0.25) is 0 Å². The quantitative estimate of drug-likeness (QED) is 0.313. The van der Waals surface area contributed by atoms with Gasteiger partial charge in [-0.15, -0.1) is 0 Å². The largest absolute Gasteiger partial charge is 0.460 e. The van der Waals surface area contributed by atoms with E-state index in [0.717, 1.165) is 20.3 Å². The third-order valence-electron chi connectivity index (χ3n) is 5.88. The van der Waals surface area contributed by atoms with Gasteiger partial charge in [0.15, 0.2) is 0 Å². The van der Waals surface area contributed by atoms with Gasteiger partial charge in [0, 0.05) is 12.1 Å². The molecule has 194 valence electrons. The highest BCUT2D eigenvalue weighted by atomic mass is 35.5. The van der Waals surface area contributed by atoms with E-state index in [0.29, 0.717) is 5.02 Å². The number of urea groups is 1. The molecule has 0 saturated carbocycles. The second-order valence-electron chi connectivity index (χ2n) is 9.96. The van der Waals surface area contributed by atoms with E-state index in [-0.39, 0.29) is 5.69 Å². The van der Waals surface area contributed by atoms with E-state index >= 15 is 0 Å². The molecule has 2 unspecified atom stereocenters. The van der Waals surface area contributed by atoms with Crippen LogP contribution < -0.4 is 4.31 Å². The van der Waals surface area contributed by atoms with Crippen molar-refractivity contribution in [2.24, 2.45) is 0 Å². The van der Waals surface area contributed by atoms with Crippen LogP contribution in [0.15, 0.2) is 48.5 Å². The fraction of sp³-hybridized carbons (Fsp3) is 0.400. The van der Waals surface area contributed by atoms with Crippen molar-refractivity contribution in [1.29, 1.82) is 0 Å². The minimum Gasteiger partial charge on any atom is -0.460 e. The summed E-state index contributed by atoms with van der Waals surface area (Å²) >= 11 is 3.27. The van der Waals surface area contributed by atoms with E-state index in [1.807, 2.05) is 12.1 Å². The molecule has 2 atom stereocenters. The molecule has 1 aliphatic heterocycles. The minimum absolute atomic E-state index is 0.232. The van der Waals surface area contributed by atoms with E-state index < -0.39 is 52.9 Å². The first-order valence-electron chi connectivity index (χ1n) is 11.2. The number of hydrogen-bond donors (Lipinski definition) is 1. The Kier molecular flexibility index (Phi) is 7.83. The zero-order chi connectivity index (χ0) is 27.0. The van der Waals surface area contributed by atoms with Gasteiger partial charge >= 0.3 is 12.0 Å². The fourth-order valence-corrected chi connectivity index (χ4v) is 4.61. The lowest BCUT2D eigenvalue weighted by Crippen LogP contribution is -2.54. The number of esters is 1. The monoisotopic (exact) mass is 535 g/mol. The Hall–Kier alpha value is -2.95. The normalized spacial score (nSPS) is 17.2. The Balaban J connectivity index is 2.05. The highest BCUT2D eigenvalue weighted by Gasteiger charge is 2.54. The standard InChI is InChI=1S/C25H30ClN3O6S/c1-24(2,3)35-21(30)15-20(28-22(31)25(4,5)27(6)23(28)32)29(36(33)34)19-13-9-17(10-14-19)16-7-11-18(26)12-8-16/h7-14,20H,15H2,1-6H3,(H,33,34). The Morgan fingerprint density at radius 3 is 2.00 bits per heavy atom. The molecule has 2 aromatic carbocycles. The molecule has 2 aromatic rings. The number of halogens is 1. The Morgan fingerprint density at radius 2 is 1.58 bits per heavy atom. The molecule has 0 bridgehead atoms. The highest BCUT2D eigenvalue weighted by molar-refractivity contribution is 7.80. The van der Waals surface area contributed by atoms with Gasteiger partial charge in [0.25, 0.3) is 17.2 Å². The van der Waals surface area contributed by atoms with Crippen molar-refractivity contribution < 1.29 is 27.9 Å². The third-order valence-corrected chi connectivity index (χ3v) is 6.92. The number of likely N-dealkylation sites (N-methyl/N-ethyl adjacent to an activating group) is 1. The second-order valence-corrected chi connectivity index (χ2v) is 11.2. The van der Waals surface area contributed by atoms with Crippen LogP contribution in [0, 0.1) is 0 Å². The van der Waals surface area contributed by atoms with Crippen molar-refractivity contribution in [2.45, 2.75) is 58.3 Å². The maximum absolute atomic E-state index is 13.3. The lowest BCUT2D eigenvalue weighted by molar-refractivity contribution is -0.156. The summed E-state index contributed by atoms with van der Waals surface area (Å²) < 4.78 is 29.3. The van der Waals surface area contributed by atoms with Crippen molar-refractivity contribution in [3.05, 3.63) is 53.6 Å². The second kappa shape index (κ2) is 10.2. The van der Waals surface area contributed by atoms with Crippen LogP contribution in [0.5, 0.6) is 0 Å². The van der Waals surface area contributed by atoms with Crippen molar-refractivity contribution >= 4 is 46.5 Å². The van der Waals surface area contributed by atoms with Crippen molar-refractivity contribution in [3.63, 3.8) is 0 Å².